The van der Waals surface area contributed by atoms with Crippen molar-refractivity contribution in [2.75, 3.05) is 6.61 Å². The minimum Gasteiger partial charge on any atom is -0.493 e. The molecule has 28 heavy (non-hydrogen) atoms. The van der Waals surface area contributed by atoms with E-state index in [0.717, 1.165) is 38.3 Å². The lowest BCUT2D eigenvalue weighted by atomic mass is 9.88. The zero-order chi connectivity index (χ0) is 20.4. The minimum absolute atomic E-state index is 0.119. The number of ether oxygens (including phenoxy) is 1. The molecule has 3 heteroatoms. The van der Waals surface area contributed by atoms with Gasteiger partial charge >= 0.3 is 0 Å². The van der Waals surface area contributed by atoms with Gasteiger partial charge in [0.05, 0.1) is 11.5 Å². The molecular weight excluding hydrogens is 364 g/mol. The normalized spacial score (nSPS) is 11.6. The molecule has 0 saturated heterocycles. The van der Waals surface area contributed by atoms with Crippen LogP contribution in [0.1, 0.15) is 80.6 Å². The van der Waals surface area contributed by atoms with E-state index < -0.39 is 0 Å². The molecule has 3 aromatic rings. The topological polar surface area (TPSA) is 26.3 Å². The molecule has 1 aromatic heterocycles. The maximum Gasteiger partial charge on any atom is 0.169 e. The number of carbonyl (C=O) groups excluding carboxylic acids is 1. The van der Waals surface area contributed by atoms with Crippen molar-refractivity contribution in [2.45, 2.75) is 59.8 Å². The van der Waals surface area contributed by atoms with E-state index in [1.54, 1.807) is 18.3 Å². The van der Waals surface area contributed by atoms with Gasteiger partial charge in [0.15, 0.2) is 5.78 Å². The van der Waals surface area contributed by atoms with E-state index in [2.05, 4.69) is 65.0 Å². The highest BCUT2D eigenvalue weighted by atomic mass is 32.1. The first kappa shape index (κ1) is 20.6. The third kappa shape index (κ3) is 4.00. The lowest BCUT2D eigenvalue weighted by molar-refractivity contribution is 0.102. The molecule has 2 aromatic carbocycles. The van der Waals surface area contributed by atoms with E-state index in [0.29, 0.717) is 18.4 Å². The number of rotatable bonds is 7. The van der Waals surface area contributed by atoms with Gasteiger partial charge in [0.2, 0.25) is 0 Å². The lowest BCUT2D eigenvalue weighted by Crippen LogP contribution is -2.04. The Kier molecular flexibility index (Phi) is 6.24. The van der Waals surface area contributed by atoms with Crippen LogP contribution in [0.2, 0.25) is 0 Å². The van der Waals surface area contributed by atoms with Crippen molar-refractivity contribution < 1.29 is 9.53 Å². The van der Waals surface area contributed by atoms with Gasteiger partial charge in [-0.2, -0.15) is 0 Å². The quantitative estimate of drug-likeness (QED) is 0.382. The highest BCUT2D eigenvalue weighted by Gasteiger charge is 2.20. The number of thiophene rings is 1. The first-order valence-electron chi connectivity index (χ1n) is 10.2. The fourth-order valence-corrected chi connectivity index (χ4v) is 4.45. The number of ketones is 1. The van der Waals surface area contributed by atoms with Crippen LogP contribution in [0.5, 0.6) is 5.75 Å². The summed E-state index contributed by atoms with van der Waals surface area (Å²) in [6.07, 6.45) is 0.972. The summed E-state index contributed by atoms with van der Waals surface area (Å²) in [6.45, 7) is 13.4. The molecule has 0 spiro atoms. The predicted octanol–water partition coefficient (Wildman–Crippen LogP) is 7.81. The van der Waals surface area contributed by atoms with E-state index in [1.807, 2.05) is 6.07 Å². The molecule has 0 atom stereocenters. The van der Waals surface area contributed by atoms with Crippen molar-refractivity contribution in [3.05, 3.63) is 52.4 Å². The average Bonchev–Trinajstić information content (AvgIpc) is 3.10. The molecule has 148 valence electrons. The van der Waals surface area contributed by atoms with Crippen molar-refractivity contribution in [2.24, 2.45) is 0 Å². The molecule has 0 aliphatic carbocycles. The molecule has 0 fully saturated rings. The van der Waals surface area contributed by atoms with Crippen molar-refractivity contribution in [1.29, 1.82) is 0 Å². The van der Waals surface area contributed by atoms with E-state index in [9.17, 15) is 4.79 Å². The Morgan fingerprint density at radius 2 is 1.79 bits per heavy atom. The number of hydrogen-bond acceptors (Lipinski definition) is 3. The molecule has 1 heterocycles. The summed E-state index contributed by atoms with van der Waals surface area (Å²) in [5, 5.41) is 1.13. The van der Waals surface area contributed by atoms with Crippen LogP contribution in [-0.4, -0.2) is 12.4 Å². The lowest BCUT2D eigenvalue weighted by Gasteiger charge is -2.21. The fraction of sp³-hybridized carbons (Fsp3) is 0.400. The molecular formula is C25H30O2S. The molecule has 2 nitrogen and oxygen atoms in total. The SMILES string of the molecule is CCCOc1c(-c2cccc3sc(C(C)=O)cc23)cc(C(C)C)cc1C(C)C. The molecule has 0 saturated carbocycles. The molecule has 3 rings (SSSR count). The monoisotopic (exact) mass is 394 g/mol. The van der Waals surface area contributed by atoms with E-state index in [1.165, 1.54) is 11.1 Å². The Morgan fingerprint density at radius 3 is 2.39 bits per heavy atom. The first-order chi connectivity index (χ1) is 13.3. The summed E-state index contributed by atoms with van der Waals surface area (Å²) in [5.41, 5.74) is 4.87. The minimum atomic E-state index is 0.119. The largest absolute Gasteiger partial charge is 0.493 e. The average molecular weight is 395 g/mol. The van der Waals surface area contributed by atoms with Gasteiger partial charge in [0.25, 0.3) is 0 Å². The molecule has 0 N–H and O–H groups in total. The zero-order valence-corrected chi connectivity index (χ0v) is 18.6. The number of benzene rings is 2. The fourth-order valence-electron chi connectivity index (χ4n) is 3.47. The van der Waals surface area contributed by atoms with Gasteiger partial charge < -0.3 is 4.74 Å². The van der Waals surface area contributed by atoms with Crippen LogP contribution in [0.4, 0.5) is 0 Å². The van der Waals surface area contributed by atoms with Gasteiger partial charge in [-0.25, -0.2) is 0 Å². The van der Waals surface area contributed by atoms with Gasteiger partial charge in [-0.15, -0.1) is 11.3 Å². The highest BCUT2D eigenvalue weighted by molar-refractivity contribution is 7.20. The third-order valence-corrected chi connectivity index (χ3v) is 6.28. The highest BCUT2D eigenvalue weighted by Crippen LogP contribution is 2.43. The second kappa shape index (κ2) is 8.48. The first-order valence-corrected chi connectivity index (χ1v) is 11.0. The van der Waals surface area contributed by atoms with Gasteiger partial charge in [-0.3, -0.25) is 4.79 Å². The Bertz CT molecular complexity index is 995. The Labute approximate surface area is 172 Å². The van der Waals surface area contributed by atoms with Gasteiger partial charge in [-0.05, 0) is 60.1 Å². The third-order valence-electron chi connectivity index (χ3n) is 5.08. The van der Waals surface area contributed by atoms with Gasteiger partial charge in [-0.1, -0.05) is 52.8 Å². The van der Waals surface area contributed by atoms with Crippen molar-refractivity contribution in [3.63, 3.8) is 0 Å². The summed E-state index contributed by atoms with van der Waals surface area (Å²) in [7, 11) is 0. The van der Waals surface area contributed by atoms with E-state index in [4.69, 9.17) is 4.74 Å². The van der Waals surface area contributed by atoms with Gasteiger partial charge in [0, 0.05) is 15.6 Å². The second-order valence-electron chi connectivity index (χ2n) is 8.03. The molecule has 0 radical (unpaired) electrons. The zero-order valence-electron chi connectivity index (χ0n) is 17.8. The standard InChI is InChI=1S/C25H30O2S/c1-7-11-27-25-20(16(4)5)12-18(15(2)3)13-22(25)19-9-8-10-23-21(19)14-24(28-23)17(6)26/h8-10,12-16H,7,11H2,1-6H3. The van der Waals surface area contributed by atoms with Crippen LogP contribution in [0.15, 0.2) is 36.4 Å². The van der Waals surface area contributed by atoms with Crippen molar-refractivity contribution >= 4 is 27.2 Å². The molecule has 0 amide bonds. The maximum atomic E-state index is 11.9. The Balaban J connectivity index is 2.33. The second-order valence-corrected chi connectivity index (χ2v) is 9.11. The van der Waals surface area contributed by atoms with Crippen LogP contribution in [0.25, 0.3) is 21.2 Å². The van der Waals surface area contributed by atoms with Crippen molar-refractivity contribution in [3.8, 4) is 16.9 Å². The summed E-state index contributed by atoms with van der Waals surface area (Å²) < 4.78 is 7.45. The summed E-state index contributed by atoms with van der Waals surface area (Å²) in [6, 6.07) is 13.0. The van der Waals surface area contributed by atoms with Gasteiger partial charge in [0.1, 0.15) is 5.75 Å². The number of Topliss-reactive ketones (excluding diaryl/α,β-unsaturated/α-hetero) is 1. The van der Waals surface area contributed by atoms with Crippen LogP contribution >= 0.6 is 11.3 Å². The van der Waals surface area contributed by atoms with E-state index >= 15 is 0 Å². The van der Waals surface area contributed by atoms with Crippen LogP contribution in [-0.2, 0) is 0 Å². The maximum absolute atomic E-state index is 11.9. The number of hydrogen-bond donors (Lipinski definition) is 0. The molecule has 0 bridgehead atoms. The van der Waals surface area contributed by atoms with Crippen LogP contribution in [0, 0.1) is 0 Å². The summed E-state index contributed by atoms with van der Waals surface area (Å²) in [4.78, 5) is 12.8. The molecule has 0 aliphatic heterocycles. The summed E-state index contributed by atoms with van der Waals surface area (Å²) in [5.74, 6) is 1.92. The van der Waals surface area contributed by atoms with Crippen LogP contribution in [0.3, 0.4) is 0 Å². The van der Waals surface area contributed by atoms with Crippen molar-refractivity contribution in [1.82, 2.24) is 0 Å². The Morgan fingerprint density at radius 1 is 1.04 bits per heavy atom. The number of fused-ring (bicyclic) bond motifs is 1. The van der Waals surface area contributed by atoms with Crippen LogP contribution < -0.4 is 4.74 Å². The summed E-state index contributed by atoms with van der Waals surface area (Å²) >= 11 is 1.57. The van der Waals surface area contributed by atoms with E-state index in [-0.39, 0.29) is 5.78 Å². The number of carbonyl (C=O) groups is 1. The molecule has 0 unspecified atom stereocenters. The molecule has 0 aliphatic rings. The smallest absolute Gasteiger partial charge is 0.169 e. The Hall–Kier alpha value is -2.13. The predicted molar refractivity (Wildman–Crippen MR) is 121 cm³/mol.